The molecule has 0 aliphatic carbocycles. The largest absolute Gasteiger partial charge is 0.454 e. The molecule has 94 valence electrons. The fourth-order valence-corrected chi connectivity index (χ4v) is 2.11. The van der Waals surface area contributed by atoms with E-state index in [2.05, 4.69) is 36.8 Å². The number of hydrogen-bond acceptors (Lipinski definition) is 3. The van der Waals surface area contributed by atoms with Crippen molar-refractivity contribution in [1.29, 1.82) is 0 Å². The first-order valence-corrected chi connectivity index (χ1v) is 6.66. The maximum atomic E-state index is 13.0. The molecular formula is C12H9Br2FN2O. The topological polar surface area (TPSA) is 48.1 Å². The lowest BCUT2D eigenvalue weighted by atomic mass is 10.3. The lowest BCUT2D eigenvalue weighted by Crippen LogP contribution is -2.02. The SMILES string of the molecule is NCc1ncc(Br)cc1Oc1ccc(F)cc1Br. The Morgan fingerprint density at radius 1 is 1.22 bits per heavy atom. The van der Waals surface area contributed by atoms with Crippen LogP contribution in [0.1, 0.15) is 5.69 Å². The zero-order valence-electron chi connectivity index (χ0n) is 9.16. The van der Waals surface area contributed by atoms with Crippen molar-refractivity contribution >= 4 is 31.9 Å². The van der Waals surface area contributed by atoms with Gasteiger partial charge in [0, 0.05) is 17.2 Å². The fourth-order valence-electron chi connectivity index (χ4n) is 1.37. The third kappa shape index (κ3) is 3.07. The van der Waals surface area contributed by atoms with Crippen LogP contribution in [-0.2, 0) is 6.54 Å². The second kappa shape index (κ2) is 5.77. The quantitative estimate of drug-likeness (QED) is 0.882. The van der Waals surface area contributed by atoms with Gasteiger partial charge in [-0.15, -0.1) is 0 Å². The summed E-state index contributed by atoms with van der Waals surface area (Å²) in [6.07, 6.45) is 1.65. The first-order valence-electron chi connectivity index (χ1n) is 5.07. The molecular weight excluding hydrogens is 367 g/mol. The van der Waals surface area contributed by atoms with E-state index < -0.39 is 0 Å². The number of halogens is 3. The Labute approximate surface area is 120 Å². The van der Waals surface area contributed by atoms with Crippen molar-refractivity contribution in [3.63, 3.8) is 0 Å². The normalized spacial score (nSPS) is 10.4. The molecule has 18 heavy (non-hydrogen) atoms. The standard InChI is InChI=1S/C12H9Br2FN2O/c13-7-3-12(10(5-16)17-6-7)18-11-2-1-8(15)4-9(11)14/h1-4,6H,5,16H2. The minimum Gasteiger partial charge on any atom is -0.454 e. The van der Waals surface area contributed by atoms with Crippen LogP contribution in [0.3, 0.4) is 0 Å². The van der Waals surface area contributed by atoms with Crippen LogP contribution in [0.4, 0.5) is 4.39 Å². The molecule has 2 aromatic rings. The van der Waals surface area contributed by atoms with E-state index in [9.17, 15) is 4.39 Å². The fraction of sp³-hybridized carbons (Fsp3) is 0.0833. The Morgan fingerprint density at radius 2 is 2.00 bits per heavy atom. The smallest absolute Gasteiger partial charge is 0.151 e. The summed E-state index contributed by atoms with van der Waals surface area (Å²) < 4.78 is 20.0. The zero-order valence-corrected chi connectivity index (χ0v) is 12.3. The van der Waals surface area contributed by atoms with Gasteiger partial charge in [0.2, 0.25) is 0 Å². The summed E-state index contributed by atoms with van der Waals surface area (Å²) in [5, 5.41) is 0. The monoisotopic (exact) mass is 374 g/mol. The van der Waals surface area contributed by atoms with Crippen molar-refractivity contribution in [2.75, 3.05) is 0 Å². The lowest BCUT2D eigenvalue weighted by Gasteiger charge is -2.11. The molecule has 0 aliphatic rings. The van der Waals surface area contributed by atoms with Gasteiger partial charge in [-0.05, 0) is 56.1 Å². The highest BCUT2D eigenvalue weighted by Crippen LogP contribution is 2.32. The van der Waals surface area contributed by atoms with Gasteiger partial charge < -0.3 is 10.5 Å². The summed E-state index contributed by atoms with van der Waals surface area (Å²) in [6.45, 7) is 0.265. The molecule has 0 saturated heterocycles. The highest BCUT2D eigenvalue weighted by atomic mass is 79.9. The molecule has 0 spiro atoms. The Kier molecular flexibility index (Phi) is 4.31. The van der Waals surface area contributed by atoms with Crippen LogP contribution in [0.25, 0.3) is 0 Å². The Morgan fingerprint density at radius 3 is 2.67 bits per heavy atom. The van der Waals surface area contributed by atoms with E-state index >= 15 is 0 Å². The summed E-state index contributed by atoms with van der Waals surface area (Å²) in [6, 6.07) is 5.97. The average Bonchev–Trinajstić information content (AvgIpc) is 2.33. The van der Waals surface area contributed by atoms with Crippen LogP contribution >= 0.6 is 31.9 Å². The second-order valence-electron chi connectivity index (χ2n) is 3.48. The number of ether oxygens (including phenoxy) is 1. The van der Waals surface area contributed by atoms with Gasteiger partial charge in [0.15, 0.2) is 5.75 Å². The molecule has 0 fully saturated rings. The molecule has 0 atom stereocenters. The van der Waals surface area contributed by atoms with Gasteiger partial charge in [-0.25, -0.2) is 4.39 Å². The van der Waals surface area contributed by atoms with Crippen LogP contribution in [-0.4, -0.2) is 4.98 Å². The highest BCUT2D eigenvalue weighted by Gasteiger charge is 2.09. The van der Waals surface area contributed by atoms with Gasteiger partial charge in [-0.3, -0.25) is 4.98 Å². The van der Waals surface area contributed by atoms with E-state index in [4.69, 9.17) is 10.5 Å². The predicted octanol–water partition coefficient (Wildman–Crippen LogP) is 4.00. The van der Waals surface area contributed by atoms with Crippen molar-refractivity contribution in [2.24, 2.45) is 5.73 Å². The molecule has 6 heteroatoms. The molecule has 0 amide bonds. The average molecular weight is 376 g/mol. The summed E-state index contributed by atoms with van der Waals surface area (Å²) >= 11 is 6.56. The molecule has 2 N–H and O–H groups in total. The van der Waals surface area contributed by atoms with Crippen LogP contribution in [0.2, 0.25) is 0 Å². The summed E-state index contributed by atoms with van der Waals surface area (Å²) in [5.74, 6) is 0.714. The number of aromatic nitrogens is 1. The Bertz CT molecular complexity index is 578. The number of rotatable bonds is 3. The first-order chi connectivity index (χ1) is 8.60. The van der Waals surface area contributed by atoms with Crippen molar-refractivity contribution < 1.29 is 9.13 Å². The van der Waals surface area contributed by atoms with Crippen LogP contribution < -0.4 is 10.5 Å². The number of hydrogen-bond donors (Lipinski definition) is 1. The van der Waals surface area contributed by atoms with Crippen molar-refractivity contribution in [2.45, 2.75) is 6.54 Å². The highest BCUT2D eigenvalue weighted by molar-refractivity contribution is 9.10. The van der Waals surface area contributed by atoms with Gasteiger partial charge >= 0.3 is 0 Å². The number of benzene rings is 1. The summed E-state index contributed by atoms with van der Waals surface area (Å²) in [7, 11) is 0. The van der Waals surface area contributed by atoms with Gasteiger partial charge in [0.25, 0.3) is 0 Å². The maximum absolute atomic E-state index is 13.0. The molecule has 0 bridgehead atoms. The Balaban J connectivity index is 2.36. The van der Waals surface area contributed by atoms with Gasteiger partial charge in [-0.2, -0.15) is 0 Å². The predicted molar refractivity (Wildman–Crippen MR) is 74.0 cm³/mol. The van der Waals surface area contributed by atoms with E-state index in [0.717, 1.165) is 4.47 Å². The van der Waals surface area contributed by atoms with Crippen molar-refractivity contribution in [1.82, 2.24) is 4.98 Å². The van der Waals surface area contributed by atoms with E-state index in [0.29, 0.717) is 21.7 Å². The first kappa shape index (κ1) is 13.5. The summed E-state index contributed by atoms with van der Waals surface area (Å²) in [4.78, 5) is 4.15. The number of nitrogens with two attached hydrogens (primary N) is 1. The van der Waals surface area contributed by atoms with Crippen LogP contribution in [0.15, 0.2) is 39.4 Å². The molecule has 0 unspecified atom stereocenters. The van der Waals surface area contributed by atoms with Crippen molar-refractivity contribution in [3.05, 3.63) is 50.9 Å². The molecule has 0 aliphatic heterocycles. The Hall–Kier alpha value is -0.980. The third-order valence-corrected chi connectivity index (χ3v) is 3.26. The van der Waals surface area contributed by atoms with Gasteiger partial charge in [0.05, 0.1) is 10.2 Å². The van der Waals surface area contributed by atoms with Gasteiger partial charge in [-0.1, -0.05) is 0 Å². The molecule has 0 radical (unpaired) electrons. The molecule has 1 aromatic heterocycles. The van der Waals surface area contributed by atoms with Crippen LogP contribution in [0, 0.1) is 5.82 Å². The molecule has 2 rings (SSSR count). The lowest BCUT2D eigenvalue weighted by molar-refractivity contribution is 0.467. The van der Waals surface area contributed by atoms with Crippen LogP contribution in [0.5, 0.6) is 11.5 Å². The van der Waals surface area contributed by atoms with E-state index in [1.54, 1.807) is 18.3 Å². The minimum atomic E-state index is -0.333. The summed E-state index contributed by atoms with van der Waals surface area (Å²) in [5.41, 5.74) is 6.22. The number of nitrogens with zero attached hydrogens (tertiary/aromatic N) is 1. The van der Waals surface area contributed by atoms with Crippen molar-refractivity contribution in [3.8, 4) is 11.5 Å². The van der Waals surface area contributed by atoms with E-state index in [1.165, 1.54) is 12.1 Å². The molecule has 0 saturated carbocycles. The minimum absolute atomic E-state index is 0.265. The zero-order chi connectivity index (χ0) is 13.1. The molecule has 1 heterocycles. The van der Waals surface area contributed by atoms with E-state index in [-0.39, 0.29) is 12.4 Å². The third-order valence-electron chi connectivity index (χ3n) is 2.20. The molecule has 3 nitrogen and oxygen atoms in total. The second-order valence-corrected chi connectivity index (χ2v) is 5.25. The maximum Gasteiger partial charge on any atom is 0.151 e. The van der Waals surface area contributed by atoms with E-state index in [1.807, 2.05) is 0 Å². The number of pyridine rings is 1. The molecule has 1 aromatic carbocycles. The van der Waals surface area contributed by atoms with Gasteiger partial charge in [0.1, 0.15) is 11.6 Å².